The van der Waals surface area contributed by atoms with Crippen molar-refractivity contribution in [2.45, 2.75) is 24.9 Å². The summed E-state index contributed by atoms with van der Waals surface area (Å²) >= 11 is 0. The van der Waals surface area contributed by atoms with Crippen molar-refractivity contribution < 1.29 is 18.7 Å². The van der Waals surface area contributed by atoms with E-state index >= 15 is 0 Å². The van der Waals surface area contributed by atoms with Gasteiger partial charge in [0, 0.05) is 51.9 Å². The fraction of sp³-hybridized carbons (Fsp3) is 0.360. The van der Waals surface area contributed by atoms with Gasteiger partial charge >= 0.3 is 0 Å². The quantitative estimate of drug-likeness (QED) is 0.370. The molecule has 13 heteroatoms. The van der Waals surface area contributed by atoms with Crippen LogP contribution in [0.25, 0.3) is 11.1 Å². The Hall–Kier alpha value is -4.68. The Bertz CT molecular complexity index is 1520. The average Bonchev–Trinajstić information content (AvgIpc) is 3.47. The molecule has 1 aromatic carbocycles. The minimum atomic E-state index is -0.666. The van der Waals surface area contributed by atoms with Crippen molar-refractivity contribution in [3.05, 3.63) is 48.2 Å². The van der Waals surface area contributed by atoms with Crippen LogP contribution in [0.2, 0.25) is 0 Å². The van der Waals surface area contributed by atoms with Crippen LogP contribution < -0.4 is 20.7 Å². The molecule has 38 heavy (non-hydrogen) atoms. The second-order valence-corrected chi connectivity index (χ2v) is 9.62. The molecule has 5 heterocycles. The first kappa shape index (κ1) is 23.7. The Labute approximate surface area is 217 Å². The number of rotatable bonds is 7. The number of aromatic nitrogens is 5. The number of likely N-dealkylation sites (tertiary alicyclic amines) is 1. The van der Waals surface area contributed by atoms with E-state index in [1.807, 2.05) is 11.0 Å². The number of benzene rings is 1. The van der Waals surface area contributed by atoms with Gasteiger partial charge in [0.2, 0.25) is 0 Å². The monoisotopic (exact) mass is 517 g/mol. The number of aryl methyl sites for hydroxylation is 1. The maximum absolute atomic E-state index is 12.4. The molecule has 1 unspecified atom stereocenters. The van der Waals surface area contributed by atoms with E-state index in [4.69, 9.17) is 14.9 Å². The molecule has 4 aromatic rings. The zero-order valence-corrected chi connectivity index (χ0v) is 21.0. The van der Waals surface area contributed by atoms with Crippen LogP contribution in [0.1, 0.15) is 34.9 Å². The summed E-state index contributed by atoms with van der Waals surface area (Å²) in [4.78, 5) is 41.6. The van der Waals surface area contributed by atoms with Gasteiger partial charge in [0.25, 0.3) is 17.8 Å². The summed E-state index contributed by atoms with van der Waals surface area (Å²) in [5, 5.41) is 7.13. The molecule has 13 nitrogen and oxygen atoms in total. The first-order chi connectivity index (χ1) is 18.3. The smallest absolute Gasteiger partial charge is 0.298 e. The molecule has 0 bridgehead atoms. The van der Waals surface area contributed by atoms with E-state index in [1.165, 1.54) is 0 Å². The van der Waals surface area contributed by atoms with Gasteiger partial charge in [-0.15, -0.1) is 0 Å². The fourth-order valence-corrected chi connectivity index (χ4v) is 4.68. The number of fused-ring (bicyclic) bond motifs is 1. The maximum Gasteiger partial charge on any atom is 0.298 e. The molecule has 0 saturated carbocycles. The van der Waals surface area contributed by atoms with Crippen LogP contribution in [0.4, 0.5) is 17.5 Å². The number of nitrogens with two attached hydrogens (primary N) is 1. The molecule has 2 saturated heterocycles. The first-order valence-corrected chi connectivity index (χ1v) is 12.3. The summed E-state index contributed by atoms with van der Waals surface area (Å²) in [6.45, 7) is 1.95. The summed E-state index contributed by atoms with van der Waals surface area (Å²) in [6, 6.07) is 5.88. The molecule has 3 N–H and O–H groups in total. The third-order valence-electron chi connectivity index (χ3n) is 6.80. The zero-order valence-electron chi connectivity index (χ0n) is 21.0. The van der Waals surface area contributed by atoms with E-state index in [0.717, 1.165) is 13.0 Å². The van der Waals surface area contributed by atoms with Gasteiger partial charge in [0.15, 0.2) is 23.2 Å². The molecule has 2 aliphatic rings. The summed E-state index contributed by atoms with van der Waals surface area (Å²) in [5.41, 5.74) is 8.27. The zero-order chi connectivity index (χ0) is 26.4. The van der Waals surface area contributed by atoms with Crippen LogP contribution in [0.15, 0.2) is 41.2 Å². The number of oxazole rings is 1. The number of nitrogens with one attached hydrogen (secondary N) is 1. The molecule has 1 atom stereocenters. The Kier molecular flexibility index (Phi) is 5.81. The maximum atomic E-state index is 12.4. The summed E-state index contributed by atoms with van der Waals surface area (Å²) in [6.07, 6.45) is 6.14. The number of anilines is 3. The number of carbonyl (C=O) groups is 2. The van der Waals surface area contributed by atoms with E-state index in [9.17, 15) is 9.59 Å². The van der Waals surface area contributed by atoms with Crippen LogP contribution in [0.5, 0.6) is 5.75 Å². The van der Waals surface area contributed by atoms with E-state index in [0.29, 0.717) is 53.8 Å². The SMILES string of the molecule is CN1CCCC(Oc2ccc3nc(N4CC(c5cnc(Nc6cnn(C)c6)c(C(N)=O)n5)C4)oc3c2)C1=O. The van der Waals surface area contributed by atoms with Gasteiger partial charge in [-0.2, -0.15) is 10.1 Å². The molecule has 0 aliphatic carbocycles. The van der Waals surface area contributed by atoms with Gasteiger partial charge in [0.1, 0.15) is 11.3 Å². The number of amides is 2. The van der Waals surface area contributed by atoms with Gasteiger partial charge in [-0.1, -0.05) is 0 Å². The predicted octanol–water partition coefficient (Wildman–Crippen LogP) is 1.80. The Morgan fingerprint density at radius 2 is 2.05 bits per heavy atom. The van der Waals surface area contributed by atoms with Crippen molar-refractivity contribution >= 4 is 40.4 Å². The van der Waals surface area contributed by atoms with Crippen molar-refractivity contribution in [2.75, 3.05) is 36.9 Å². The van der Waals surface area contributed by atoms with E-state index in [2.05, 4.69) is 25.4 Å². The van der Waals surface area contributed by atoms with Gasteiger partial charge in [-0.3, -0.25) is 14.3 Å². The van der Waals surface area contributed by atoms with Crippen molar-refractivity contribution in [3.8, 4) is 5.75 Å². The summed E-state index contributed by atoms with van der Waals surface area (Å²) in [5.74, 6) is 0.218. The lowest BCUT2D eigenvalue weighted by Crippen LogP contribution is -2.45. The number of hydrogen-bond acceptors (Lipinski definition) is 10. The molecule has 6 rings (SSSR count). The molecule has 3 aromatic heterocycles. The third kappa shape index (κ3) is 4.46. The highest BCUT2D eigenvalue weighted by atomic mass is 16.5. The highest BCUT2D eigenvalue weighted by Gasteiger charge is 2.34. The minimum absolute atomic E-state index is 0.00953. The lowest BCUT2D eigenvalue weighted by atomic mass is 9.97. The van der Waals surface area contributed by atoms with Gasteiger partial charge in [-0.25, -0.2) is 9.97 Å². The standard InChI is InChI=1S/C25H27N9O4/c1-32-7-3-4-19(24(32)36)37-16-5-6-17-20(8-16)38-25(31-17)34-11-14(12-34)18-10-27-23(21(30-18)22(26)35)29-15-9-28-33(2)13-15/h5-6,8-10,13-14,19H,3-4,7,11-12H2,1-2H3,(H2,26,35)(H,27,29). The number of carbonyl (C=O) groups excluding carboxylic acids is 2. The highest BCUT2D eigenvalue weighted by Crippen LogP contribution is 2.34. The normalized spacial score (nSPS) is 18.1. The first-order valence-electron chi connectivity index (χ1n) is 12.3. The predicted molar refractivity (Wildman–Crippen MR) is 137 cm³/mol. The molecular formula is C25H27N9O4. The van der Waals surface area contributed by atoms with Gasteiger partial charge in [-0.05, 0) is 25.0 Å². The highest BCUT2D eigenvalue weighted by molar-refractivity contribution is 5.96. The number of primary amides is 1. The van der Waals surface area contributed by atoms with Gasteiger partial charge in [0.05, 0.1) is 23.8 Å². The van der Waals surface area contributed by atoms with Crippen LogP contribution in [-0.4, -0.2) is 74.2 Å². The lowest BCUT2D eigenvalue weighted by molar-refractivity contribution is -0.140. The topological polar surface area (TPSA) is 158 Å². The van der Waals surface area contributed by atoms with Crippen molar-refractivity contribution in [3.63, 3.8) is 0 Å². The molecule has 196 valence electrons. The fourth-order valence-electron chi connectivity index (χ4n) is 4.68. The number of nitrogens with zero attached hydrogens (tertiary/aromatic N) is 7. The number of likely N-dealkylation sites (N-methyl/N-ethyl adjacent to an activating group) is 1. The second kappa shape index (κ2) is 9.32. The molecule has 0 radical (unpaired) electrons. The number of ether oxygens (including phenoxy) is 1. The van der Waals surface area contributed by atoms with Crippen molar-refractivity contribution in [2.24, 2.45) is 12.8 Å². The summed E-state index contributed by atoms with van der Waals surface area (Å²) in [7, 11) is 3.58. The Morgan fingerprint density at radius 1 is 1.21 bits per heavy atom. The second-order valence-electron chi connectivity index (χ2n) is 9.62. The largest absolute Gasteiger partial charge is 0.480 e. The van der Waals surface area contributed by atoms with Crippen molar-refractivity contribution in [1.29, 1.82) is 0 Å². The molecule has 2 fully saturated rings. The molecular weight excluding hydrogens is 490 g/mol. The average molecular weight is 518 g/mol. The van der Waals surface area contributed by atoms with Crippen LogP contribution >= 0.6 is 0 Å². The van der Waals surface area contributed by atoms with E-state index in [1.54, 1.807) is 54.4 Å². The minimum Gasteiger partial charge on any atom is -0.480 e. The molecule has 2 amide bonds. The van der Waals surface area contributed by atoms with Crippen LogP contribution in [0, 0.1) is 0 Å². The Balaban J connectivity index is 1.13. The molecule has 0 spiro atoms. The van der Waals surface area contributed by atoms with E-state index in [-0.39, 0.29) is 23.3 Å². The van der Waals surface area contributed by atoms with Crippen molar-refractivity contribution in [1.82, 2.24) is 29.6 Å². The van der Waals surface area contributed by atoms with Crippen LogP contribution in [0.3, 0.4) is 0 Å². The Morgan fingerprint density at radius 3 is 2.82 bits per heavy atom. The lowest BCUT2D eigenvalue weighted by Gasteiger charge is -2.37. The van der Waals surface area contributed by atoms with Crippen LogP contribution in [-0.2, 0) is 11.8 Å². The molecule has 2 aliphatic heterocycles. The number of piperidine rings is 1. The third-order valence-corrected chi connectivity index (χ3v) is 6.80. The van der Waals surface area contributed by atoms with E-state index < -0.39 is 12.0 Å². The number of hydrogen-bond donors (Lipinski definition) is 2. The van der Waals surface area contributed by atoms with Gasteiger partial charge < -0.3 is 30.0 Å². The summed E-state index contributed by atoms with van der Waals surface area (Å²) < 4.78 is 13.6.